The van der Waals surface area contributed by atoms with Gasteiger partial charge in [-0.05, 0) is 50.5 Å². The number of benzene rings is 1. The lowest BCUT2D eigenvalue weighted by atomic mass is 9.99. The lowest BCUT2D eigenvalue weighted by Crippen LogP contribution is -2.29. The molecule has 0 fully saturated rings. The van der Waals surface area contributed by atoms with E-state index in [9.17, 15) is 0 Å². The Morgan fingerprint density at radius 2 is 1.86 bits per heavy atom. The van der Waals surface area contributed by atoms with Crippen LogP contribution >= 0.6 is 0 Å². The summed E-state index contributed by atoms with van der Waals surface area (Å²) in [5.41, 5.74) is 5.26. The molecule has 2 rings (SSSR count). The van der Waals surface area contributed by atoms with Gasteiger partial charge in [0.15, 0.2) is 0 Å². The Bertz CT molecular complexity index is 543. The zero-order valence-corrected chi connectivity index (χ0v) is 12.6. The third-order valence-electron chi connectivity index (χ3n) is 3.33. The fraction of sp³-hybridized carbons (Fsp3) is 0.353. The summed E-state index contributed by atoms with van der Waals surface area (Å²) in [4.78, 5) is 4.04. The van der Waals surface area contributed by atoms with E-state index in [0.717, 1.165) is 24.2 Å². The van der Waals surface area contributed by atoms with E-state index in [1.54, 1.807) is 0 Å². The molecule has 1 unspecified atom stereocenters. The normalized spacial score (nSPS) is 12.4. The number of nitrogens with one attached hydrogen (secondary N) is 1. The maximum absolute atomic E-state index is 5.87. The van der Waals surface area contributed by atoms with E-state index >= 15 is 0 Å². The van der Waals surface area contributed by atoms with Gasteiger partial charge in [0.05, 0.1) is 6.10 Å². The van der Waals surface area contributed by atoms with E-state index in [-0.39, 0.29) is 12.1 Å². The van der Waals surface area contributed by atoms with Crippen molar-refractivity contribution in [1.82, 2.24) is 10.4 Å². The van der Waals surface area contributed by atoms with Gasteiger partial charge >= 0.3 is 0 Å². The van der Waals surface area contributed by atoms with Crippen LogP contribution in [-0.4, -0.2) is 11.1 Å². The van der Waals surface area contributed by atoms with Crippen LogP contribution in [0.25, 0.3) is 0 Å². The smallest absolute Gasteiger partial charge is 0.124 e. The first kappa shape index (κ1) is 15.5. The first-order valence-corrected chi connectivity index (χ1v) is 7.31. The van der Waals surface area contributed by atoms with Crippen molar-refractivity contribution in [3.05, 3.63) is 59.9 Å². The summed E-state index contributed by atoms with van der Waals surface area (Å²) in [5.74, 6) is 6.64. The minimum absolute atomic E-state index is 0.0631. The zero-order chi connectivity index (χ0) is 15.1. The Morgan fingerprint density at radius 1 is 1.14 bits per heavy atom. The summed E-state index contributed by atoms with van der Waals surface area (Å²) in [7, 11) is 0. The lowest BCUT2D eigenvalue weighted by Gasteiger charge is -2.21. The summed E-state index contributed by atoms with van der Waals surface area (Å²) < 4.78 is 5.87. The van der Waals surface area contributed by atoms with Crippen molar-refractivity contribution in [2.75, 3.05) is 0 Å². The van der Waals surface area contributed by atoms with Gasteiger partial charge in [-0.1, -0.05) is 18.2 Å². The van der Waals surface area contributed by atoms with Crippen LogP contribution in [0.5, 0.6) is 5.75 Å². The molecule has 0 aliphatic rings. The van der Waals surface area contributed by atoms with E-state index in [1.807, 2.05) is 56.6 Å². The maximum atomic E-state index is 5.87. The molecule has 4 nitrogen and oxygen atoms in total. The molecular formula is C17H23N3O. The van der Waals surface area contributed by atoms with Crippen molar-refractivity contribution in [3.8, 4) is 5.75 Å². The van der Waals surface area contributed by atoms with Crippen LogP contribution < -0.4 is 16.0 Å². The van der Waals surface area contributed by atoms with Gasteiger partial charge < -0.3 is 4.74 Å². The van der Waals surface area contributed by atoms with Crippen LogP contribution in [0.3, 0.4) is 0 Å². The summed E-state index contributed by atoms with van der Waals surface area (Å²) in [5, 5.41) is 0. The molecule has 2 aromatic rings. The number of hydrogen-bond acceptors (Lipinski definition) is 4. The average molecular weight is 285 g/mol. The van der Waals surface area contributed by atoms with E-state index in [2.05, 4.69) is 16.5 Å². The molecule has 1 aromatic carbocycles. The molecule has 21 heavy (non-hydrogen) atoms. The number of ether oxygens (including phenoxy) is 1. The van der Waals surface area contributed by atoms with Crippen molar-refractivity contribution >= 4 is 0 Å². The Kier molecular flexibility index (Phi) is 5.72. The Morgan fingerprint density at radius 3 is 2.52 bits per heavy atom. The Hall–Kier alpha value is -1.91. The van der Waals surface area contributed by atoms with Crippen LogP contribution in [0.15, 0.2) is 48.8 Å². The van der Waals surface area contributed by atoms with E-state index in [1.165, 1.54) is 5.56 Å². The van der Waals surface area contributed by atoms with Crippen molar-refractivity contribution in [2.24, 2.45) is 5.84 Å². The Balaban J connectivity index is 2.10. The molecule has 0 spiro atoms. The second-order valence-corrected chi connectivity index (χ2v) is 5.32. The number of hydrogen-bond donors (Lipinski definition) is 2. The Labute approximate surface area is 126 Å². The van der Waals surface area contributed by atoms with Gasteiger partial charge in [-0.25, -0.2) is 0 Å². The van der Waals surface area contributed by atoms with E-state index in [4.69, 9.17) is 10.6 Å². The van der Waals surface area contributed by atoms with Crippen LogP contribution in [0.4, 0.5) is 0 Å². The van der Waals surface area contributed by atoms with Gasteiger partial charge in [0.2, 0.25) is 0 Å². The topological polar surface area (TPSA) is 60.2 Å². The van der Waals surface area contributed by atoms with Crippen molar-refractivity contribution in [2.45, 2.75) is 38.8 Å². The third kappa shape index (κ3) is 4.55. The van der Waals surface area contributed by atoms with E-state index in [0.29, 0.717) is 0 Å². The summed E-state index contributed by atoms with van der Waals surface area (Å²) in [6.45, 7) is 4.05. The molecule has 3 N–H and O–H groups in total. The maximum Gasteiger partial charge on any atom is 0.124 e. The van der Waals surface area contributed by atoms with Gasteiger partial charge in [-0.15, -0.1) is 0 Å². The van der Waals surface area contributed by atoms with Crippen molar-refractivity contribution < 1.29 is 4.74 Å². The predicted octanol–water partition coefficient (Wildman–Crippen LogP) is 3.01. The van der Waals surface area contributed by atoms with Crippen molar-refractivity contribution in [1.29, 1.82) is 0 Å². The molecule has 1 heterocycles. The zero-order valence-electron chi connectivity index (χ0n) is 12.6. The highest BCUT2D eigenvalue weighted by molar-refractivity contribution is 5.36. The van der Waals surface area contributed by atoms with Gasteiger partial charge in [0, 0.05) is 24.0 Å². The van der Waals surface area contributed by atoms with Gasteiger partial charge in [0.1, 0.15) is 5.75 Å². The van der Waals surface area contributed by atoms with Crippen LogP contribution in [0.1, 0.15) is 37.4 Å². The molecule has 0 bridgehead atoms. The number of hydrazine groups is 1. The minimum atomic E-state index is 0.0631. The first-order chi connectivity index (χ1) is 10.2. The lowest BCUT2D eigenvalue weighted by molar-refractivity contribution is 0.237. The SMILES string of the molecule is CC(C)Oc1ccccc1C(CCc1ccncc1)NN. The minimum Gasteiger partial charge on any atom is -0.491 e. The summed E-state index contributed by atoms with van der Waals surface area (Å²) >= 11 is 0. The first-order valence-electron chi connectivity index (χ1n) is 7.31. The number of rotatable bonds is 7. The van der Waals surface area contributed by atoms with Crippen molar-refractivity contribution in [3.63, 3.8) is 0 Å². The van der Waals surface area contributed by atoms with E-state index < -0.39 is 0 Å². The monoisotopic (exact) mass is 285 g/mol. The molecule has 4 heteroatoms. The molecule has 0 amide bonds. The molecule has 0 aliphatic carbocycles. The molecular weight excluding hydrogens is 262 g/mol. The summed E-state index contributed by atoms with van der Waals surface area (Å²) in [6.07, 6.45) is 5.61. The van der Waals surface area contributed by atoms with Crippen LogP contribution in [0, 0.1) is 0 Å². The molecule has 0 radical (unpaired) electrons. The number of aromatic nitrogens is 1. The highest BCUT2D eigenvalue weighted by atomic mass is 16.5. The molecule has 1 aromatic heterocycles. The number of aryl methyl sites for hydroxylation is 1. The highest BCUT2D eigenvalue weighted by Gasteiger charge is 2.15. The second kappa shape index (κ2) is 7.76. The van der Waals surface area contributed by atoms with Crippen LogP contribution in [-0.2, 0) is 6.42 Å². The fourth-order valence-electron chi connectivity index (χ4n) is 2.32. The third-order valence-corrected chi connectivity index (χ3v) is 3.33. The molecule has 112 valence electrons. The standard InChI is InChI=1S/C17H23N3O/c1-13(2)21-17-6-4-3-5-15(17)16(20-18)8-7-14-9-11-19-12-10-14/h3-6,9-13,16,20H,7-8,18H2,1-2H3. The molecule has 0 saturated carbocycles. The quantitative estimate of drug-likeness (QED) is 0.606. The molecule has 0 saturated heterocycles. The molecule has 1 atom stereocenters. The van der Waals surface area contributed by atoms with Gasteiger partial charge in [0.25, 0.3) is 0 Å². The van der Waals surface area contributed by atoms with Gasteiger partial charge in [-0.3, -0.25) is 16.3 Å². The highest BCUT2D eigenvalue weighted by Crippen LogP contribution is 2.28. The predicted molar refractivity (Wildman–Crippen MR) is 84.8 cm³/mol. The number of para-hydroxylation sites is 1. The average Bonchev–Trinajstić information content (AvgIpc) is 2.50. The number of nitrogens with zero attached hydrogens (tertiary/aromatic N) is 1. The second-order valence-electron chi connectivity index (χ2n) is 5.32. The largest absolute Gasteiger partial charge is 0.491 e. The van der Waals surface area contributed by atoms with Crippen LogP contribution in [0.2, 0.25) is 0 Å². The number of nitrogens with two attached hydrogens (primary N) is 1. The van der Waals surface area contributed by atoms with Gasteiger partial charge in [-0.2, -0.15) is 0 Å². The molecule has 0 aliphatic heterocycles. The number of pyridine rings is 1. The summed E-state index contributed by atoms with van der Waals surface area (Å²) in [6, 6.07) is 12.2. The fourth-order valence-corrected chi connectivity index (χ4v) is 2.32.